The van der Waals surface area contributed by atoms with Gasteiger partial charge in [-0.25, -0.2) is 0 Å². The van der Waals surface area contributed by atoms with Crippen molar-refractivity contribution in [1.29, 1.82) is 0 Å². The summed E-state index contributed by atoms with van der Waals surface area (Å²) in [6, 6.07) is 3.87. The molecular weight excluding hydrogens is 322 g/mol. The third-order valence-electron chi connectivity index (χ3n) is 5.70. The Bertz CT molecular complexity index is 503. The fraction of sp³-hybridized carbons (Fsp3) is 0.739. The van der Waals surface area contributed by atoms with E-state index in [4.69, 9.17) is 4.74 Å². The monoisotopic (exact) mass is 359 g/mol. The number of aromatic nitrogens is 1. The molecule has 0 amide bonds. The van der Waals surface area contributed by atoms with Gasteiger partial charge in [0.15, 0.2) is 0 Å². The van der Waals surface area contributed by atoms with Gasteiger partial charge in [-0.2, -0.15) is 0 Å². The number of carbonyl (C=O) groups is 1. The number of nitrogens with zero attached hydrogens (tertiary/aromatic N) is 1. The predicted molar refractivity (Wildman–Crippen MR) is 107 cm³/mol. The molecule has 0 aromatic carbocycles. The molecule has 0 unspecified atom stereocenters. The lowest BCUT2D eigenvalue weighted by molar-refractivity contribution is -0.140. The van der Waals surface area contributed by atoms with E-state index >= 15 is 0 Å². The maximum atomic E-state index is 12.4. The van der Waals surface area contributed by atoms with Crippen LogP contribution >= 0.6 is 0 Å². The molecule has 0 N–H and O–H groups in total. The number of esters is 1. The number of hydrogen-bond acceptors (Lipinski definition) is 3. The quantitative estimate of drug-likeness (QED) is 0.334. The molecule has 0 bridgehead atoms. The van der Waals surface area contributed by atoms with E-state index in [1.807, 2.05) is 12.1 Å². The fourth-order valence-electron chi connectivity index (χ4n) is 3.90. The molecule has 0 radical (unpaired) electrons. The average molecular weight is 360 g/mol. The zero-order valence-electron chi connectivity index (χ0n) is 16.8. The lowest BCUT2D eigenvalue weighted by Crippen LogP contribution is -2.25. The van der Waals surface area contributed by atoms with Gasteiger partial charge in [0, 0.05) is 5.69 Å². The lowest BCUT2D eigenvalue weighted by atomic mass is 9.80. The first-order chi connectivity index (χ1) is 12.7. The van der Waals surface area contributed by atoms with Crippen molar-refractivity contribution in [1.82, 2.24) is 4.98 Å². The summed E-state index contributed by atoms with van der Waals surface area (Å²) in [5.74, 6) is 1.43. The molecule has 1 aromatic heterocycles. The molecule has 3 nitrogen and oxygen atoms in total. The number of unbranched alkanes of at least 4 members (excludes halogenated alkanes) is 5. The van der Waals surface area contributed by atoms with Crippen molar-refractivity contribution in [2.45, 2.75) is 97.3 Å². The highest BCUT2D eigenvalue weighted by molar-refractivity contribution is 5.75. The van der Waals surface area contributed by atoms with Crippen molar-refractivity contribution in [2.75, 3.05) is 0 Å². The summed E-state index contributed by atoms with van der Waals surface area (Å²) in [6.07, 6.45) is 17.5. The van der Waals surface area contributed by atoms with Gasteiger partial charge in [-0.3, -0.25) is 9.78 Å². The maximum Gasteiger partial charge on any atom is 0.314 e. The van der Waals surface area contributed by atoms with E-state index in [2.05, 4.69) is 18.8 Å². The molecule has 0 aliphatic heterocycles. The van der Waals surface area contributed by atoms with Crippen molar-refractivity contribution in [2.24, 2.45) is 11.8 Å². The highest BCUT2D eigenvalue weighted by Gasteiger charge is 2.27. The predicted octanol–water partition coefficient (Wildman–Crippen LogP) is 6.50. The van der Waals surface area contributed by atoms with Crippen LogP contribution in [0.2, 0.25) is 0 Å². The van der Waals surface area contributed by atoms with Gasteiger partial charge in [0.05, 0.1) is 12.1 Å². The highest BCUT2D eigenvalue weighted by Crippen LogP contribution is 2.33. The van der Waals surface area contributed by atoms with Gasteiger partial charge in [-0.1, -0.05) is 58.8 Å². The van der Waals surface area contributed by atoms with Gasteiger partial charge >= 0.3 is 5.97 Å². The topological polar surface area (TPSA) is 39.2 Å². The van der Waals surface area contributed by atoms with E-state index in [1.165, 1.54) is 57.8 Å². The molecule has 1 aliphatic carbocycles. The van der Waals surface area contributed by atoms with Crippen LogP contribution in [0.25, 0.3) is 0 Å². The zero-order chi connectivity index (χ0) is 18.6. The first kappa shape index (κ1) is 20.9. The Balaban J connectivity index is 1.66. The van der Waals surface area contributed by atoms with E-state index in [1.54, 1.807) is 6.20 Å². The third kappa shape index (κ3) is 7.47. The van der Waals surface area contributed by atoms with Gasteiger partial charge in [0.1, 0.15) is 5.75 Å². The number of rotatable bonds is 11. The van der Waals surface area contributed by atoms with Crippen molar-refractivity contribution in [3.8, 4) is 5.75 Å². The van der Waals surface area contributed by atoms with E-state index < -0.39 is 0 Å². The normalized spacial score (nSPS) is 20.1. The van der Waals surface area contributed by atoms with Crippen LogP contribution in [-0.4, -0.2) is 11.0 Å². The van der Waals surface area contributed by atoms with Crippen LogP contribution in [-0.2, 0) is 11.2 Å². The van der Waals surface area contributed by atoms with Crippen molar-refractivity contribution < 1.29 is 9.53 Å². The number of ether oxygens (including phenoxy) is 1. The third-order valence-corrected chi connectivity index (χ3v) is 5.70. The first-order valence-electron chi connectivity index (χ1n) is 10.9. The number of pyridine rings is 1. The van der Waals surface area contributed by atoms with E-state index in [0.29, 0.717) is 5.75 Å². The minimum absolute atomic E-state index is 0.0606. The fourth-order valence-corrected chi connectivity index (χ4v) is 3.90. The standard InChI is InChI=1S/C23H37NO2/c1-3-5-7-8-9-10-19-12-14-20(15-13-19)23(25)26-22-17-16-21(24-18-22)11-6-4-2/h16-20H,3-15H2,1-2H3. The summed E-state index contributed by atoms with van der Waals surface area (Å²) in [6.45, 7) is 4.44. The molecule has 26 heavy (non-hydrogen) atoms. The zero-order valence-corrected chi connectivity index (χ0v) is 16.8. The van der Waals surface area contributed by atoms with Crippen LogP contribution in [0.3, 0.4) is 0 Å². The van der Waals surface area contributed by atoms with Crippen LogP contribution in [0.15, 0.2) is 18.3 Å². The minimum Gasteiger partial charge on any atom is -0.425 e. The molecule has 0 spiro atoms. The van der Waals surface area contributed by atoms with Crippen LogP contribution in [0.5, 0.6) is 5.75 Å². The average Bonchev–Trinajstić information content (AvgIpc) is 2.68. The van der Waals surface area contributed by atoms with E-state index in [0.717, 1.165) is 37.3 Å². The smallest absolute Gasteiger partial charge is 0.314 e. The Labute approximate surface area is 159 Å². The molecule has 2 rings (SSSR count). The van der Waals surface area contributed by atoms with Crippen LogP contribution in [0.4, 0.5) is 0 Å². The second-order valence-corrected chi connectivity index (χ2v) is 7.93. The highest BCUT2D eigenvalue weighted by atomic mass is 16.5. The van der Waals surface area contributed by atoms with E-state index in [-0.39, 0.29) is 11.9 Å². The molecule has 146 valence electrons. The number of aryl methyl sites for hydroxylation is 1. The summed E-state index contributed by atoms with van der Waals surface area (Å²) in [5.41, 5.74) is 1.08. The summed E-state index contributed by atoms with van der Waals surface area (Å²) in [4.78, 5) is 16.8. The summed E-state index contributed by atoms with van der Waals surface area (Å²) < 4.78 is 5.57. The molecule has 1 aliphatic rings. The molecule has 3 heteroatoms. The van der Waals surface area contributed by atoms with Gasteiger partial charge in [-0.15, -0.1) is 0 Å². The van der Waals surface area contributed by atoms with Crippen LogP contribution in [0, 0.1) is 11.8 Å². The molecular formula is C23H37NO2. The molecule has 0 atom stereocenters. The number of hydrogen-bond donors (Lipinski definition) is 0. The molecule has 0 saturated heterocycles. The molecule has 1 heterocycles. The number of carbonyl (C=O) groups excluding carboxylic acids is 1. The Morgan fingerprint density at radius 1 is 1.00 bits per heavy atom. The van der Waals surface area contributed by atoms with Gasteiger partial charge in [0.25, 0.3) is 0 Å². The van der Waals surface area contributed by atoms with Crippen molar-refractivity contribution >= 4 is 5.97 Å². The van der Waals surface area contributed by atoms with Crippen LogP contribution < -0.4 is 4.74 Å². The second-order valence-electron chi connectivity index (χ2n) is 7.93. The minimum atomic E-state index is -0.0606. The van der Waals surface area contributed by atoms with Crippen molar-refractivity contribution in [3.63, 3.8) is 0 Å². The summed E-state index contributed by atoms with van der Waals surface area (Å²) >= 11 is 0. The Morgan fingerprint density at radius 2 is 1.73 bits per heavy atom. The van der Waals surface area contributed by atoms with E-state index in [9.17, 15) is 4.79 Å². The van der Waals surface area contributed by atoms with Crippen molar-refractivity contribution in [3.05, 3.63) is 24.0 Å². The Hall–Kier alpha value is -1.38. The van der Waals surface area contributed by atoms with Crippen LogP contribution in [0.1, 0.15) is 96.6 Å². The SMILES string of the molecule is CCCCCCCC1CCC(C(=O)Oc2ccc(CCCC)nc2)CC1. The molecule has 1 fully saturated rings. The summed E-state index contributed by atoms with van der Waals surface area (Å²) in [5, 5.41) is 0. The largest absolute Gasteiger partial charge is 0.425 e. The molecule has 1 aromatic rings. The van der Waals surface area contributed by atoms with Gasteiger partial charge in [0.2, 0.25) is 0 Å². The second kappa shape index (κ2) is 12.1. The lowest BCUT2D eigenvalue weighted by Gasteiger charge is -2.27. The van der Waals surface area contributed by atoms with Gasteiger partial charge < -0.3 is 4.74 Å². The van der Waals surface area contributed by atoms with Gasteiger partial charge in [-0.05, 0) is 56.6 Å². The Morgan fingerprint density at radius 3 is 2.38 bits per heavy atom. The molecule has 1 saturated carbocycles. The Kier molecular flexibility index (Phi) is 9.73. The first-order valence-corrected chi connectivity index (χ1v) is 10.9. The summed E-state index contributed by atoms with van der Waals surface area (Å²) in [7, 11) is 0. The maximum absolute atomic E-state index is 12.4.